The van der Waals surface area contributed by atoms with Crippen molar-refractivity contribution >= 4 is 15.9 Å². The van der Waals surface area contributed by atoms with Crippen molar-refractivity contribution in [1.82, 2.24) is 14.7 Å². The highest BCUT2D eigenvalue weighted by Gasteiger charge is 2.16. The Balaban J connectivity index is 2.71. The second kappa shape index (κ2) is 7.13. The summed E-state index contributed by atoms with van der Waals surface area (Å²) in [7, 11) is 4.13. The summed E-state index contributed by atoms with van der Waals surface area (Å²) in [5.41, 5.74) is 7.35. The molecule has 98 valence electrons. The number of halogens is 1. The van der Waals surface area contributed by atoms with E-state index in [0.29, 0.717) is 0 Å². The molecular weight excluding hydrogens is 280 g/mol. The van der Waals surface area contributed by atoms with Crippen LogP contribution in [0.2, 0.25) is 0 Å². The van der Waals surface area contributed by atoms with Crippen LogP contribution in [0.25, 0.3) is 0 Å². The van der Waals surface area contributed by atoms with E-state index < -0.39 is 0 Å². The number of likely N-dealkylation sites (N-methyl/N-ethyl adjacent to an activating group) is 1. The van der Waals surface area contributed by atoms with Crippen molar-refractivity contribution in [3.8, 4) is 0 Å². The summed E-state index contributed by atoms with van der Waals surface area (Å²) in [6, 6.07) is 0.0778. The fourth-order valence-corrected chi connectivity index (χ4v) is 2.36. The number of rotatable bonds is 7. The highest BCUT2D eigenvalue weighted by atomic mass is 79.9. The van der Waals surface area contributed by atoms with Crippen molar-refractivity contribution in [3.63, 3.8) is 0 Å². The molecule has 0 saturated carbocycles. The molecular formula is C12H23BrN4. The van der Waals surface area contributed by atoms with E-state index in [0.717, 1.165) is 36.1 Å². The van der Waals surface area contributed by atoms with Crippen LogP contribution in [0.4, 0.5) is 0 Å². The lowest BCUT2D eigenvalue weighted by molar-refractivity contribution is 0.365. The maximum absolute atomic E-state index is 6.23. The van der Waals surface area contributed by atoms with Gasteiger partial charge in [-0.1, -0.05) is 19.8 Å². The Morgan fingerprint density at radius 1 is 1.53 bits per heavy atom. The molecule has 1 atom stereocenters. The molecule has 0 radical (unpaired) electrons. The SMILES string of the molecule is CCCCC(N)c1c(Br)cnn1CCN(C)C. The van der Waals surface area contributed by atoms with Gasteiger partial charge in [0.1, 0.15) is 0 Å². The quantitative estimate of drug-likeness (QED) is 0.841. The average molecular weight is 303 g/mol. The fraction of sp³-hybridized carbons (Fsp3) is 0.750. The largest absolute Gasteiger partial charge is 0.323 e. The standard InChI is InChI=1S/C12H23BrN4/c1-4-5-6-11(14)12-10(13)9-15-17(12)8-7-16(2)3/h9,11H,4-8,14H2,1-3H3. The van der Waals surface area contributed by atoms with E-state index in [9.17, 15) is 0 Å². The molecule has 1 rings (SSSR count). The van der Waals surface area contributed by atoms with Crippen LogP contribution in [0.15, 0.2) is 10.7 Å². The van der Waals surface area contributed by atoms with Gasteiger partial charge in [0, 0.05) is 12.6 Å². The number of nitrogens with two attached hydrogens (primary N) is 1. The van der Waals surface area contributed by atoms with E-state index in [4.69, 9.17) is 5.73 Å². The van der Waals surface area contributed by atoms with Crippen molar-refractivity contribution in [3.05, 3.63) is 16.4 Å². The van der Waals surface area contributed by atoms with Crippen LogP contribution in [-0.2, 0) is 6.54 Å². The van der Waals surface area contributed by atoms with Crippen molar-refractivity contribution in [1.29, 1.82) is 0 Å². The lowest BCUT2D eigenvalue weighted by Crippen LogP contribution is -2.23. The first-order chi connectivity index (χ1) is 8.06. The summed E-state index contributed by atoms with van der Waals surface area (Å²) in [6.07, 6.45) is 5.20. The second-order valence-corrected chi connectivity index (χ2v) is 5.51. The van der Waals surface area contributed by atoms with Gasteiger partial charge in [0.05, 0.1) is 22.9 Å². The first-order valence-corrected chi connectivity index (χ1v) is 6.97. The van der Waals surface area contributed by atoms with Crippen LogP contribution >= 0.6 is 15.9 Å². The molecule has 1 aromatic heterocycles. The minimum absolute atomic E-state index is 0.0778. The van der Waals surface area contributed by atoms with Crippen molar-refractivity contribution < 1.29 is 0 Å². The third kappa shape index (κ3) is 4.41. The fourth-order valence-electron chi connectivity index (χ4n) is 1.77. The van der Waals surface area contributed by atoms with Crippen LogP contribution in [0.3, 0.4) is 0 Å². The molecule has 2 N–H and O–H groups in total. The maximum Gasteiger partial charge on any atom is 0.0694 e. The Morgan fingerprint density at radius 3 is 2.82 bits per heavy atom. The van der Waals surface area contributed by atoms with Gasteiger partial charge in [-0.2, -0.15) is 5.10 Å². The topological polar surface area (TPSA) is 47.1 Å². The summed E-state index contributed by atoms with van der Waals surface area (Å²) < 4.78 is 3.05. The maximum atomic E-state index is 6.23. The first-order valence-electron chi connectivity index (χ1n) is 6.17. The molecule has 0 aromatic carbocycles. The minimum atomic E-state index is 0.0778. The third-order valence-electron chi connectivity index (χ3n) is 2.81. The first kappa shape index (κ1) is 14.7. The van der Waals surface area contributed by atoms with E-state index in [2.05, 4.69) is 46.9 Å². The van der Waals surface area contributed by atoms with E-state index in [1.165, 1.54) is 6.42 Å². The number of hydrogen-bond donors (Lipinski definition) is 1. The summed E-state index contributed by atoms with van der Waals surface area (Å²) in [4.78, 5) is 2.15. The van der Waals surface area contributed by atoms with Gasteiger partial charge < -0.3 is 10.6 Å². The zero-order valence-electron chi connectivity index (χ0n) is 11.0. The van der Waals surface area contributed by atoms with Crippen LogP contribution in [0, 0.1) is 0 Å². The van der Waals surface area contributed by atoms with E-state index in [1.807, 2.05) is 10.9 Å². The van der Waals surface area contributed by atoms with Crippen LogP contribution in [-0.4, -0.2) is 35.3 Å². The van der Waals surface area contributed by atoms with Gasteiger partial charge in [0.15, 0.2) is 0 Å². The Hall–Kier alpha value is -0.390. The van der Waals surface area contributed by atoms with Crippen molar-refractivity contribution in [2.24, 2.45) is 5.73 Å². The number of nitrogens with zero attached hydrogens (tertiary/aromatic N) is 3. The van der Waals surface area contributed by atoms with Gasteiger partial charge in [-0.15, -0.1) is 0 Å². The summed E-state index contributed by atoms with van der Waals surface area (Å²) in [5, 5.41) is 4.38. The van der Waals surface area contributed by atoms with Gasteiger partial charge in [-0.25, -0.2) is 0 Å². The van der Waals surface area contributed by atoms with Gasteiger partial charge >= 0.3 is 0 Å². The molecule has 0 aliphatic heterocycles. The van der Waals surface area contributed by atoms with E-state index >= 15 is 0 Å². The monoisotopic (exact) mass is 302 g/mol. The molecule has 0 bridgehead atoms. The highest BCUT2D eigenvalue weighted by molar-refractivity contribution is 9.10. The molecule has 17 heavy (non-hydrogen) atoms. The smallest absolute Gasteiger partial charge is 0.0694 e. The van der Waals surface area contributed by atoms with Gasteiger partial charge in [-0.3, -0.25) is 4.68 Å². The molecule has 0 fully saturated rings. The molecule has 0 spiro atoms. The van der Waals surface area contributed by atoms with E-state index in [1.54, 1.807) is 0 Å². The molecule has 4 nitrogen and oxygen atoms in total. The number of hydrogen-bond acceptors (Lipinski definition) is 3. The van der Waals surface area contributed by atoms with Gasteiger partial charge in [-0.05, 0) is 36.4 Å². The highest BCUT2D eigenvalue weighted by Crippen LogP contribution is 2.25. The lowest BCUT2D eigenvalue weighted by Gasteiger charge is -2.16. The zero-order chi connectivity index (χ0) is 12.8. The van der Waals surface area contributed by atoms with Crippen LogP contribution in [0.5, 0.6) is 0 Å². The van der Waals surface area contributed by atoms with Gasteiger partial charge in [0.25, 0.3) is 0 Å². The zero-order valence-corrected chi connectivity index (χ0v) is 12.6. The predicted molar refractivity (Wildman–Crippen MR) is 74.9 cm³/mol. The Kier molecular flexibility index (Phi) is 6.16. The molecule has 1 heterocycles. The molecule has 1 aromatic rings. The Labute approximate surface area is 112 Å². The summed E-state index contributed by atoms with van der Waals surface area (Å²) in [6.45, 7) is 4.04. The van der Waals surface area contributed by atoms with Crippen LogP contribution < -0.4 is 5.73 Å². The molecule has 0 saturated heterocycles. The number of unbranched alkanes of at least 4 members (excludes halogenated alkanes) is 1. The Morgan fingerprint density at radius 2 is 2.24 bits per heavy atom. The molecule has 5 heteroatoms. The minimum Gasteiger partial charge on any atom is -0.323 e. The molecule has 0 aliphatic rings. The normalized spacial score (nSPS) is 13.3. The van der Waals surface area contributed by atoms with Crippen LogP contribution in [0.1, 0.15) is 37.9 Å². The van der Waals surface area contributed by atoms with E-state index in [-0.39, 0.29) is 6.04 Å². The van der Waals surface area contributed by atoms with Crippen molar-refractivity contribution in [2.75, 3.05) is 20.6 Å². The molecule has 0 amide bonds. The Bertz CT molecular complexity index is 335. The summed E-state index contributed by atoms with van der Waals surface area (Å²) >= 11 is 3.54. The lowest BCUT2D eigenvalue weighted by atomic mass is 10.1. The van der Waals surface area contributed by atoms with Crippen molar-refractivity contribution in [2.45, 2.75) is 38.8 Å². The average Bonchev–Trinajstić information content (AvgIpc) is 2.64. The summed E-state index contributed by atoms with van der Waals surface area (Å²) in [5.74, 6) is 0. The molecule has 0 aliphatic carbocycles. The predicted octanol–water partition coefficient (Wildman–Crippen LogP) is 2.40. The third-order valence-corrected chi connectivity index (χ3v) is 3.42. The van der Waals surface area contributed by atoms with Gasteiger partial charge in [0.2, 0.25) is 0 Å². The number of aromatic nitrogens is 2. The molecule has 1 unspecified atom stereocenters. The second-order valence-electron chi connectivity index (χ2n) is 4.65.